The van der Waals surface area contributed by atoms with Crippen LogP contribution >= 0.6 is 0 Å². The number of hydrogen-bond donors (Lipinski definition) is 1. The Hall–Kier alpha value is -2.28. The summed E-state index contributed by atoms with van der Waals surface area (Å²) in [6.07, 6.45) is 0. The van der Waals surface area contributed by atoms with Crippen LogP contribution in [-0.2, 0) is 6.54 Å². The van der Waals surface area contributed by atoms with Gasteiger partial charge in [-0.25, -0.2) is 0 Å². The molecule has 1 N–H and O–H groups in total. The van der Waals surface area contributed by atoms with E-state index in [9.17, 15) is 0 Å². The minimum absolute atomic E-state index is 0.499. The van der Waals surface area contributed by atoms with E-state index in [0.29, 0.717) is 5.92 Å². The first-order chi connectivity index (χ1) is 12.3. The summed E-state index contributed by atoms with van der Waals surface area (Å²) in [4.78, 5) is 0. The molecule has 2 aromatic rings. The molecular formula is C25H31N. The summed E-state index contributed by atoms with van der Waals surface area (Å²) in [5.74, 6) is 0.499. The largest absolute Gasteiger partial charge is 0.381 e. The smallest absolute Gasteiger partial charge is 0.0407 e. The standard InChI is InChI=1S/C25H31N/c1-15-12-16(2)25(17(3)13-15)26-14-22-10-8-9-11-23(22)24-20(6)18(4)19(5)21(24)7/h8-13,20,26H,14H2,1-7H3. The van der Waals surface area contributed by atoms with Gasteiger partial charge < -0.3 is 5.32 Å². The average Bonchev–Trinajstić information content (AvgIpc) is 2.78. The van der Waals surface area contributed by atoms with Crippen LogP contribution in [0.3, 0.4) is 0 Å². The van der Waals surface area contributed by atoms with Gasteiger partial charge in [-0.15, -0.1) is 0 Å². The molecule has 0 saturated carbocycles. The van der Waals surface area contributed by atoms with E-state index in [1.54, 1.807) is 0 Å². The predicted octanol–water partition coefficient (Wildman–Crippen LogP) is 6.98. The lowest BCUT2D eigenvalue weighted by molar-refractivity contribution is 0.891. The highest BCUT2D eigenvalue weighted by Crippen LogP contribution is 2.43. The molecule has 0 heterocycles. The molecule has 1 unspecified atom stereocenters. The monoisotopic (exact) mass is 345 g/mol. The Bertz CT molecular complexity index is 888. The third kappa shape index (κ3) is 3.23. The molecule has 0 aromatic heterocycles. The van der Waals surface area contributed by atoms with E-state index in [2.05, 4.69) is 90.2 Å². The fraction of sp³-hybridized carbons (Fsp3) is 0.360. The Labute approximate surface area is 158 Å². The van der Waals surface area contributed by atoms with Gasteiger partial charge in [-0.05, 0) is 80.5 Å². The Kier molecular flexibility index (Phi) is 5.09. The maximum Gasteiger partial charge on any atom is 0.0407 e. The van der Waals surface area contributed by atoms with Crippen molar-refractivity contribution in [2.45, 2.75) is 55.0 Å². The lowest BCUT2D eigenvalue weighted by atomic mass is 9.89. The SMILES string of the molecule is CC1=C(C)C(C)C(c2ccccc2CNc2c(C)cc(C)cc2C)=C1C. The van der Waals surface area contributed by atoms with Gasteiger partial charge in [0, 0.05) is 18.2 Å². The quantitative estimate of drug-likeness (QED) is 0.630. The van der Waals surface area contributed by atoms with E-state index >= 15 is 0 Å². The molecule has 3 rings (SSSR count). The van der Waals surface area contributed by atoms with Gasteiger partial charge in [0.2, 0.25) is 0 Å². The third-order valence-corrected chi connectivity index (χ3v) is 6.08. The van der Waals surface area contributed by atoms with Crippen molar-refractivity contribution in [3.8, 4) is 0 Å². The number of rotatable bonds is 4. The lowest BCUT2D eigenvalue weighted by Crippen LogP contribution is -2.07. The lowest BCUT2D eigenvalue weighted by Gasteiger charge is -2.19. The van der Waals surface area contributed by atoms with Crippen molar-refractivity contribution in [2.75, 3.05) is 5.32 Å². The van der Waals surface area contributed by atoms with Gasteiger partial charge in [0.15, 0.2) is 0 Å². The van der Waals surface area contributed by atoms with Crippen molar-refractivity contribution in [2.24, 2.45) is 5.92 Å². The zero-order valence-electron chi connectivity index (χ0n) is 17.2. The molecule has 1 heteroatoms. The fourth-order valence-electron chi connectivity index (χ4n) is 4.38. The van der Waals surface area contributed by atoms with Crippen molar-refractivity contribution in [3.63, 3.8) is 0 Å². The summed E-state index contributed by atoms with van der Waals surface area (Å²) in [5.41, 5.74) is 13.9. The molecule has 0 fully saturated rings. The molecule has 26 heavy (non-hydrogen) atoms. The number of hydrogen-bond acceptors (Lipinski definition) is 1. The minimum Gasteiger partial charge on any atom is -0.381 e. The van der Waals surface area contributed by atoms with Gasteiger partial charge in [-0.1, -0.05) is 54.5 Å². The van der Waals surface area contributed by atoms with Gasteiger partial charge in [-0.2, -0.15) is 0 Å². The molecule has 2 aromatic carbocycles. The molecule has 0 amide bonds. The van der Waals surface area contributed by atoms with Gasteiger partial charge in [-0.3, -0.25) is 0 Å². The van der Waals surface area contributed by atoms with Crippen molar-refractivity contribution in [1.29, 1.82) is 0 Å². The first-order valence-corrected chi connectivity index (χ1v) is 9.59. The van der Waals surface area contributed by atoms with E-state index in [4.69, 9.17) is 0 Å². The highest BCUT2D eigenvalue weighted by atomic mass is 14.9. The maximum absolute atomic E-state index is 3.70. The number of benzene rings is 2. The maximum atomic E-state index is 3.70. The normalized spacial score (nSPS) is 17.3. The molecule has 0 bridgehead atoms. The molecule has 1 aliphatic rings. The van der Waals surface area contributed by atoms with Crippen LogP contribution in [0.25, 0.3) is 5.57 Å². The van der Waals surface area contributed by atoms with E-state index < -0.39 is 0 Å². The zero-order chi connectivity index (χ0) is 19.0. The van der Waals surface area contributed by atoms with Crippen LogP contribution in [0.15, 0.2) is 53.1 Å². The topological polar surface area (TPSA) is 12.0 Å². The second kappa shape index (κ2) is 7.15. The van der Waals surface area contributed by atoms with Crippen LogP contribution < -0.4 is 5.32 Å². The molecule has 1 atom stereocenters. The first-order valence-electron chi connectivity index (χ1n) is 9.59. The van der Waals surface area contributed by atoms with Gasteiger partial charge in [0.1, 0.15) is 0 Å². The molecule has 0 spiro atoms. The van der Waals surface area contributed by atoms with Gasteiger partial charge >= 0.3 is 0 Å². The van der Waals surface area contributed by atoms with Crippen molar-refractivity contribution in [1.82, 2.24) is 0 Å². The first kappa shape index (κ1) is 18.5. The van der Waals surface area contributed by atoms with E-state index in [0.717, 1.165) is 6.54 Å². The van der Waals surface area contributed by atoms with Crippen molar-refractivity contribution in [3.05, 3.63) is 80.9 Å². The summed E-state index contributed by atoms with van der Waals surface area (Å²) in [5, 5.41) is 3.70. The zero-order valence-corrected chi connectivity index (χ0v) is 17.2. The highest BCUT2D eigenvalue weighted by molar-refractivity contribution is 5.81. The van der Waals surface area contributed by atoms with Crippen LogP contribution in [0.1, 0.15) is 55.5 Å². The Morgan fingerprint density at radius 1 is 0.846 bits per heavy atom. The van der Waals surface area contributed by atoms with Crippen LogP contribution in [0, 0.1) is 26.7 Å². The summed E-state index contributed by atoms with van der Waals surface area (Å²) in [6.45, 7) is 16.5. The highest BCUT2D eigenvalue weighted by Gasteiger charge is 2.25. The van der Waals surface area contributed by atoms with Crippen molar-refractivity contribution < 1.29 is 0 Å². The summed E-state index contributed by atoms with van der Waals surface area (Å²) < 4.78 is 0. The van der Waals surface area contributed by atoms with Crippen LogP contribution in [0.5, 0.6) is 0 Å². The molecule has 136 valence electrons. The molecule has 0 radical (unpaired) electrons. The number of aryl methyl sites for hydroxylation is 3. The molecule has 0 saturated heterocycles. The third-order valence-electron chi connectivity index (χ3n) is 6.08. The van der Waals surface area contributed by atoms with Gasteiger partial charge in [0.25, 0.3) is 0 Å². The summed E-state index contributed by atoms with van der Waals surface area (Å²) >= 11 is 0. The van der Waals surface area contributed by atoms with E-state index in [1.165, 1.54) is 55.8 Å². The second-order valence-corrected chi connectivity index (χ2v) is 7.85. The Balaban J connectivity index is 1.93. The molecule has 1 nitrogen and oxygen atoms in total. The predicted molar refractivity (Wildman–Crippen MR) is 115 cm³/mol. The Morgan fingerprint density at radius 3 is 2.04 bits per heavy atom. The average molecular weight is 346 g/mol. The van der Waals surface area contributed by atoms with Crippen LogP contribution in [0.2, 0.25) is 0 Å². The van der Waals surface area contributed by atoms with E-state index in [-0.39, 0.29) is 0 Å². The van der Waals surface area contributed by atoms with Crippen molar-refractivity contribution >= 4 is 11.3 Å². The van der Waals surface area contributed by atoms with E-state index in [1.807, 2.05) is 0 Å². The summed E-state index contributed by atoms with van der Waals surface area (Å²) in [7, 11) is 0. The minimum atomic E-state index is 0.499. The second-order valence-electron chi connectivity index (χ2n) is 7.85. The Morgan fingerprint density at radius 2 is 1.46 bits per heavy atom. The van der Waals surface area contributed by atoms with Crippen LogP contribution in [0.4, 0.5) is 5.69 Å². The number of nitrogens with one attached hydrogen (secondary N) is 1. The van der Waals surface area contributed by atoms with Gasteiger partial charge in [0.05, 0.1) is 0 Å². The number of anilines is 1. The van der Waals surface area contributed by atoms with Crippen LogP contribution in [-0.4, -0.2) is 0 Å². The number of allylic oxidation sites excluding steroid dienone is 4. The fourth-order valence-corrected chi connectivity index (χ4v) is 4.38. The molecule has 0 aliphatic heterocycles. The molecular weight excluding hydrogens is 314 g/mol. The summed E-state index contributed by atoms with van der Waals surface area (Å²) in [6, 6.07) is 13.4. The molecule has 1 aliphatic carbocycles.